The summed E-state index contributed by atoms with van der Waals surface area (Å²) in [5.41, 5.74) is -3.12. The van der Waals surface area contributed by atoms with Gasteiger partial charge in [-0.3, -0.25) is 47.9 Å². The quantitative estimate of drug-likeness (QED) is 0.0540. The fourth-order valence-electron chi connectivity index (χ4n) is 10.7. The van der Waals surface area contributed by atoms with Gasteiger partial charge in [-0.05, 0) is 137 Å². The lowest BCUT2D eigenvalue weighted by Gasteiger charge is -2.44. The van der Waals surface area contributed by atoms with Crippen LogP contribution in [0.4, 0.5) is 4.39 Å². The number of nitrogens with one attached hydrogen (secondary N) is 9. The van der Waals surface area contributed by atoms with E-state index in [2.05, 4.69) is 47.9 Å². The van der Waals surface area contributed by atoms with Crippen molar-refractivity contribution in [2.45, 2.75) is 204 Å². The van der Waals surface area contributed by atoms with Crippen molar-refractivity contribution in [3.63, 3.8) is 0 Å². The monoisotopic (exact) mass is 1100 g/mol. The molecule has 1 heterocycles. The minimum Gasteiger partial charge on any atom is -0.356 e. The number of hydrogen-bond acceptors (Lipinski definition) is 11. The Bertz CT molecular complexity index is 2260. The third-order valence-electron chi connectivity index (χ3n) is 14.5. The van der Waals surface area contributed by atoms with Crippen LogP contribution in [0.1, 0.15) is 174 Å². The minimum absolute atomic E-state index is 0.0499. The van der Waals surface area contributed by atoms with Crippen LogP contribution in [-0.2, 0) is 43.2 Å². The Hall–Kier alpha value is -6.19. The average Bonchev–Trinajstić information content (AvgIpc) is 3.83. The van der Waals surface area contributed by atoms with Gasteiger partial charge >= 0.3 is 0 Å². The number of likely N-dealkylation sites (N-methyl/N-ethyl adjacent to an activating group) is 1. The number of benzene rings is 1. The fraction of sp³-hybridized carbons (Fsp3) is 0.714. The van der Waals surface area contributed by atoms with Crippen LogP contribution in [0.25, 0.3) is 0 Å². The highest BCUT2D eigenvalue weighted by atomic mass is 19.1. The summed E-state index contributed by atoms with van der Waals surface area (Å²) in [7, 11) is 3.93. The third-order valence-corrected chi connectivity index (χ3v) is 14.5. The molecule has 78 heavy (non-hydrogen) atoms. The third kappa shape index (κ3) is 22.3. The second kappa shape index (κ2) is 29.7. The second-order valence-corrected chi connectivity index (χ2v) is 24.0. The van der Waals surface area contributed by atoms with E-state index in [0.29, 0.717) is 44.6 Å². The van der Waals surface area contributed by atoms with Gasteiger partial charge < -0.3 is 57.7 Å². The molecule has 21 nitrogen and oxygen atoms in total. The van der Waals surface area contributed by atoms with Gasteiger partial charge in [0.05, 0.1) is 18.6 Å². The van der Waals surface area contributed by atoms with Crippen molar-refractivity contribution in [2.75, 3.05) is 46.8 Å². The van der Waals surface area contributed by atoms with Crippen molar-refractivity contribution >= 4 is 59.1 Å². The molecule has 3 unspecified atom stereocenters. The molecule has 1 aromatic rings. The van der Waals surface area contributed by atoms with Crippen LogP contribution < -0.4 is 47.9 Å². The smallest absolute Gasteiger partial charge is 0.254 e. The summed E-state index contributed by atoms with van der Waals surface area (Å²) >= 11 is 0. The summed E-state index contributed by atoms with van der Waals surface area (Å²) in [5, 5.41) is 25.0. The number of halogens is 1. The number of nitrogens with zero attached hydrogens (tertiary/aromatic N) is 2. The second-order valence-electron chi connectivity index (χ2n) is 24.0. The highest BCUT2D eigenvalue weighted by Gasteiger charge is 2.40. The van der Waals surface area contributed by atoms with Gasteiger partial charge in [0.25, 0.3) is 5.91 Å². The summed E-state index contributed by atoms with van der Waals surface area (Å²) in [6.45, 7) is 12.1. The molecule has 2 saturated carbocycles. The summed E-state index contributed by atoms with van der Waals surface area (Å²) in [6, 6.07) is 2.28. The van der Waals surface area contributed by atoms with Crippen molar-refractivity contribution in [2.24, 2.45) is 5.92 Å². The van der Waals surface area contributed by atoms with E-state index in [4.69, 9.17) is 0 Å². The summed E-state index contributed by atoms with van der Waals surface area (Å²) in [4.78, 5) is 136. The molecule has 9 N–H and O–H groups in total. The van der Waals surface area contributed by atoms with E-state index in [-0.39, 0.29) is 61.6 Å². The highest BCUT2D eigenvalue weighted by molar-refractivity contribution is 5.99. The molecule has 0 spiro atoms. The molecule has 1 aliphatic heterocycles. The van der Waals surface area contributed by atoms with Crippen LogP contribution in [0.5, 0.6) is 0 Å². The average molecular weight is 1100 g/mol. The summed E-state index contributed by atoms with van der Waals surface area (Å²) < 4.78 is 13.6. The van der Waals surface area contributed by atoms with Gasteiger partial charge in [-0.2, -0.15) is 0 Å². The maximum atomic E-state index is 13.7. The van der Waals surface area contributed by atoms with E-state index >= 15 is 0 Å². The zero-order chi connectivity index (χ0) is 57.8. The van der Waals surface area contributed by atoms with Crippen LogP contribution in [-0.4, -0.2) is 156 Å². The molecule has 4 rings (SSSR count). The van der Waals surface area contributed by atoms with E-state index in [0.717, 1.165) is 57.9 Å². The van der Waals surface area contributed by atoms with Crippen LogP contribution >= 0.6 is 0 Å². The number of likely N-dealkylation sites (tertiary alicyclic amines) is 1. The Kier molecular flexibility index (Phi) is 24.5. The van der Waals surface area contributed by atoms with E-state index in [1.54, 1.807) is 41.5 Å². The molecule has 3 aliphatic rings. The Morgan fingerprint density at radius 1 is 0.641 bits per heavy atom. The first-order valence-electron chi connectivity index (χ1n) is 28.0. The fourth-order valence-corrected chi connectivity index (χ4v) is 10.7. The largest absolute Gasteiger partial charge is 0.356 e. The van der Waals surface area contributed by atoms with Gasteiger partial charge in [0.15, 0.2) is 0 Å². The first kappa shape index (κ1) is 64.3. The Balaban J connectivity index is 1.19. The zero-order valence-corrected chi connectivity index (χ0v) is 47.7. The number of carbonyl (C=O) groups is 10. The molecule has 1 saturated heterocycles. The molecule has 0 bridgehead atoms. The van der Waals surface area contributed by atoms with Crippen molar-refractivity contribution in [3.8, 4) is 0 Å². The number of carbonyl (C=O) groups excluding carboxylic acids is 10. The van der Waals surface area contributed by atoms with Gasteiger partial charge in [-0.25, -0.2) is 4.39 Å². The minimum atomic E-state index is -1.14. The van der Waals surface area contributed by atoms with Crippen molar-refractivity contribution in [1.82, 2.24) is 57.7 Å². The summed E-state index contributed by atoms with van der Waals surface area (Å²) in [6.07, 6.45) is 10.7. The predicted molar refractivity (Wildman–Crippen MR) is 292 cm³/mol. The molecule has 22 heteroatoms. The van der Waals surface area contributed by atoms with Gasteiger partial charge in [0, 0.05) is 67.5 Å². The molecule has 3 fully saturated rings. The van der Waals surface area contributed by atoms with E-state index in [1.807, 2.05) is 25.9 Å². The molecule has 436 valence electrons. The predicted octanol–water partition coefficient (Wildman–Crippen LogP) is 2.75. The molecule has 0 aromatic heterocycles. The van der Waals surface area contributed by atoms with E-state index in [9.17, 15) is 52.3 Å². The topological polar surface area (TPSA) is 285 Å². The molecule has 3 atom stereocenters. The van der Waals surface area contributed by atoms with E-state index in [1.165, 1.54) is 29.2 Å². The zero-order valence-electron chi connectivity index (χ0n) is 47.7. The molecule has 1 aromatic carbocycles. The van der Waals surface area contributed by atoms with Crippen molar-refractivity contribution < 1.29 is 52.3 Å². The van der Waals surface area contributed by atoms with Gasteiger partial charge in [0.2, 0.25) is 53.2 Å². The van der Waals surface area contributed by atoms with E-state index < -0.39 is 101 Å². The molecular formula is C56H90FN11O10. The van der Waals surface area contributed by atoms with Gasteiger partial charge in [-0.1, -0.05) is 45.4 Å². The highest BCUT2D eigenvalue weighted by Crippen LogP contribution is 2.32. The Morgan fingerprint density at radius 3 is 1.72 bits per heavy atom. The molecular weight excluding hydrogens is 1010 g/mol. The standard InChI is InChI=1S/C56H90FN11O10/c1-10-16-40(49(75)59-34-48(74)65-55(6,7)33-46(72)63-53(2,3)31-44(70)58-29-26-43(69)66-56(27-15-28-56)36-67(8)9)61-45(71)32-54(4,5)64-47(73)35-60-50(76)41(25-20-37-17-12-11-13-18-37)62-51(77)42-19-14-30-68(42)52(78)38-21-23-39(57)24-22-38/h21-24,37,40-42H,10-20,25-36H2,1-9H3,(H,58,70)(H,59,75)(H,60,76)(H,61,71)(H,62,77)(H,63,72)(H,64,73)(H,65,74)(H,66,69). The lowest BCUT2D eigenvalue weighted by Crippen LogP contribution is -2.59. The van der Waals surface area contributed by atoms with Crippen LogP contribution in [0.15, 0.2) is 24.3 Å². The SMILES string of the molecule is CCCC(NC(=O)CC(C)(C)NC(=O)CNC(=O)C(CCC1CCCCC1)NC(=O)C1CCCN1C(=O)c1ccc(F)cc1)C(=O)NCC(=O)NC(C)(C)CC(=O)NC(C)(C)CC(=O)NCCC(=O)NC1(CN(C)C)CCC1. The number of hydrogen-bond donors (Lipinski definition) is 9. The van der Waals surface area contributed by atoms with Crippen LogP contribution in [0.3, 0.4) is 0 Å². The molecule has 10 amide bonds. The normalized spacial score (nSPS) is 17.3. The van der Waals surface area contributed by atoms with Crippen LogP contribution in [0.2, 0.25) is 0 Å². The lowest BCUT2D eigenvalue weighted by molar-refractivity contribution is -0.132. The summed E-state index contributed by atoms with van der Waals surface area (Å²) in [5.74, 6) is -4.81. The maximum Gasteiger partial charge on any atom is 0.254 e. The van der Waals surface area contributed by atoms with Gasteiger partial charge in [-0.15, -0.1) is 0 Å². The first-order valence-corrected chi connectivity index (χ1v) is 28.0. The Labute approximate surface area is 460 Å². The molecule has 0 radical (unpaired) electrons. The van der Waals surface area contributed by atoms with Crippen molar-refractivity contribution in [3.05, 3.63) is 35.6 Å². The maximum absolute atomic E-state index is 13.7. The Morgan fingerprint density at radius 2 is 1.18 bits per heavy atom. The van der Waals surface area contributed by atoms with Crippen LogP contribution in [0, 0.1) is 11.7 Å². The lowest BCUT2D eigenvalue weighted by atomic mass is 9.76. The number of amides is 10. The van der Waals surface area contributed by atoms with Gasteiger partial charge in [0.1, 0.15) is 23.9 Å². The number of rotatable bonds is 30. The molecule has 2 aliphatic carbocycles. The first-order chi connectivity index (χ1) is 36.6. The van der Waals surface area contributed by atoms with Crippen molar-refractivity contribution in [1.29, 1.82) is 0 Å².